The largest absolute Gasteiger partial charge is 0.444 e. The van der Waals surface area contributed by atoms with Crippen molar-refractivity contribution in [3.63, 3.8) is 0 Å². The van der Waals surface area contributed by atoms with Crippen molar-refractivity contribution in [2.75, 3.05) is 0 Å². The first-order chi connectivity index (χ1) is 12.5. The summed E-state index contributed by atoms with van der Waals surface area (Å²) in [5, 5.41) is 4.08. The number of carbonyl (C=O) groups excluding carboxylic acids is 2. The van der Waals surface area contributed by atoms with E-state index in [1.165, 1.54) is 0 Å². The Labute approximate surface area is 173 Å². The van der Waals surface area contributed by atoms with E-state index in [0.29, 0.717) is 26.2 Å². The molecule has 2 aromatic rings. The fourth-order valence-corrected chi connectivity index (χ4v) is 3.08. The van der Waals surface area contributed by atoms with E-state index < -0.39 is 17.7 Å². The molecule has 0 bridgehead atoms. The highest BCUT2D eigenvalue weighted by Crippen LogP contribution is 2.29. The lowest BCUT2D eigenvalue weighted by molar-refractivity contribution is 0.0501. The van der Waals surface area contributed by atoms with Crippen molar-refractivity contribution in [3.8, 4) is 0 Å². The van der Waals surface area contributed by atoms with Crippen LogP contribution in [-0.2, 0) is 4.74 Å². The molecule has 1 unspecified atom stereocenters. The number of benzene rings is 2. The zero-order valence-electron chi connectivity index (χ0n) is 15.2. The molecule has 0 heterocycles. The van der Waals surface area contributed by atoms with Crippen molar-refractivity contribution in [2.24, 2.45) is 0 Å². The minimum absolute atomic E-state index is 0.00221. The van der Waals surface area contributed by atoms with Crippen LogP contribution in [0.15, 0.2) is 42.5 Å². The average molecular weight is 429 g/mol. The van der Waals surface area contributed by atoms with E-state index in [1.807, 2.05) is 0 Å². The highest BCUT2D eigenvalue weighted by molar-refractivity contribution is 6.35. The predicted molar refractivity (Wildman–Crippen MR) is 109 cm³/mol. The number of carbonyl (C=O) groups is 2. The summed E-state index contributed by atoms with van der Waals surface area (Å²) in [7, 11) is 0. The molecule has 27 heavy (non-hydrogen) atoms. The third kappa shape index (κ3) is 6.73. The number of halogens is 3. The monoisotopic (exact) mass is 427 g/mol. The van der Waals surface area contributed by atoms with Gasteiger partial charge in [-0.3, -0.25) is 4.79 Å². The molecule has 0 radical (unpaired) electrons. The van der Waals surface area contributed by atoms with Gasteiger partial charge in [0.1, 0.15) is 5.60 Å². The molecule has 0 spiro atoms. The Balaban J connectivity index is 2.27. The molecule has 0 aliphatic rings. The van der Waals surface area contributed by atoms with Gasteiger partial charge in [0, 0.05) is 27.1 Å². The summed E-state index contributed by atoms with van der Waals surface area (Å²) >= 11 is 18.1. The Morgan fingerprint density at radius 1 is 1.00 bits per heavy atom. The lowest BCUT2D eigenvalue weighted by atomic mass is 9.98. The smallest absolute Gasteiger partial charge is 0.408 e. The number of amides is 1. The quantitative estimate of drug-likeness (QED) is 0.554. The minimum atomic E-state index is -0.673. The van der Waals surface area contributed by atoms with Crippen LogP contribution >= 0.6 is 34.8 Å². The first-order valence-corrected chi connectivity index (χ1v) is 9.42. The van der Waals surface area contributed by atoms with Gasteiger partial charge in [-0.2, -0.15) is 0 Å². The molecule has 2 rings (SSSR count). The van der Waals surface area contributed by atoms with E-state index in [1.54, 1.807) is 63.2 Å². The predicted octanol–water partition coefficient (Wildman–Crippen LogP) is 6.49. The fourth-order valence-electron chi connectivity index (χ4n) is 2.41. The number of hydrogen-bond acceptors (Lipinski definition) is 3. The summed E-state index contributed by atoms with van der Waals surface area (Å²) in [6.07, 6.45) is -0.634. The van der Waals surface area contributed by atoms with Crippen molar-refractivity contribution in [1.82, 2.24) is 5.32 Å². The summed E-state index contributed by atoms with van der Waals surface area (Å²) in [6, 6.07) is 10.8. The second-order valence-corrected chi connectivity index (χ2v) is 8.28. The molecule has 144 valence electrons. The van der Waals surface area contributed by atoms with Crippen LogP contribution in [0.2, 0.25) is 15.1 Å². The molecule has 0 aromatic heterocycles. The van der Waals surface area contributed by atoms with Crippen LogP contribution in [0, 0.1) is 0 Å². The van der Waals surface area contributed by atoms with E-state index in [0.717, 1.165) is 0 Å². The van der Waals surface area contributed by atoms with Crippen LogP contribution in [-0.4, -0.2) is 17.5 Å². The molecule has 4 nitrogen and oxygen atoms in total. The van der Waals surface area contributed by atoms with Gasteiger partial charge in [0.25, 0.3) is 0 Å². The summed E-state index contributed by atoms with van der Waals surface area (Å²) in [5.74, 6) is -0.168. The SMILES string of the molecule is CC(C)(C)OC(=O)NC(CC(=O)c1ccc(Cl)cc1)c1ccc(Cl)cc1Cl. The van der Waals surface area contributed by atoms with Gasteiger partial charge < -0.3 is 10.1 Å². The number of hydrogen-bond donors (Lipinski definition) is 1. The number of rotatable bonds is 5. The third-order valence-electron chi connectivity index (χ3n) is 3.58. The van der Waals surface area contributed by atoms with E-state index in [-0.39, 0.29) is 12.2 Å². The maximum atomic E-state index is 12.7. The molecule has 0 saturated heterocycles. The average Bonchev–Trinajstić information content (AvgIpc) is 2.53. The van der Waals surface area contributed by atoms with Crippen LogP contribution in [0.5, 0.6) is 0 Å². The molecule has 1 amide bonds. The number of nitrogens with one attached hydrogen (secondary N) is 1. The standard InChI is InChI=1S/C20H20Cl3NO3/c1-20(2,3)27-19(26)24-17(15-9-8-14(22)10-16(15)23)11-18(25)12-4-6-13(21)7-5-12/h4-10,17H,11H2,1-3H3,(H,24,26). The minimum Gasteiger partial charge on any atom is -0.444 e. The molecular weight excluding hydrogens is 409 g/mol. The van der Waals surface area contributed by atoms with E-state index in [4.69, 9.17) is 39.5 Å². The summed E-state index contributed by atoms with van der Waals surface area (Å²) in [6.45, 7) is 5.28. The van der Waals surface area contributed by atoms with Crippen LogP contribution in [0.4, 0.5) is 4.79 Å². The van der Waals surface area contributed by atoms with E-state index in [9.17, 15) is 9.59 Å². The fraction of sp³-hybridized carbons (Fsp3) is 0.300. The lowest BCUT2D eigenvalue weighted by Gasteiger charge is -2.24. The molecule has 1 atom stereocenters. The number of ketones is 1. The van der Waals surface area contributed by atoms with Crippen molar-refractivity contribution in [2.45, 2.75) is 38.8 Å². The Hall–Kier alpha value is -1.75. The Bertz CT molecular complexity index is 829. The molecule has 0 fully saturated rings. The van der Waals surface area contributed by atoms with Gasteiger partial charge in [-0.15, -0.1) is 0 Å². The van der Waals surface area contributed by atoms with Gasteiger partial charge in [0.15, 0.2) is 5.78 Å². The second-order valence-electron chi connectivity index (χ2n) is 7.00. The van der Waals surface area contributed by atoms with E-state index >= 15 is 0 Å². The molecular formula is C20H20Cl3NO3. The molecule has 0 saturated carbocycles. The third-order valence-corrected chi connectivity index (χ3v) is 4.40. The number of alkyl carbamates (subject to hydrolysis) is 1. The highest BCUT2D eigenvalue weighted by atomic mass is 35.5. The second kappa shape index (κ2) is 8.96. The van der Waals surface area contributed by atoms with Gasteiger partial charge in [-0.05, 0) is 62.7 Å². The van der Waals surface area contributed by atoms with Crippen molar-refractivity contribution >= 4 is 46.7 Å². The van der Waals surface area contributed by atoms with Crippen LogP contribution < -0.4 is 5.32 Å². The van der Waals surface area contributed by atoms with Crippen molar-refractivity contribution in [3.05, 3.63) is 68.7 Å². The maximum Gasteiger partial charge on any atom is 0.408 e. The number of ether oxygens (including phenoxy) is 1. The summed E-state index contributed by atoms with van der Waals surface area (Å²) in [5.41, 5.74) is 0.397. The summed E-state index contributed by atoms with van der Waals surface area (Å²) in [4.78, 5) is 24.9. The van der Waals surface area contributed by atoms with Crippen molar-refractivity contribution in [1.29, 1.82) is 0 Å². The van der Waals surface area contributed by atoms with Crippen molar-refractivity contribution < 1.29 is 14.3 Å². The molecule has 2 aromatic carbocycles. The zero-order valence-corrected chi connectivity index (χ0v) is 17.5. The van der Waals surface area contributed by atoms with Gasteiger partial charge in [-0.1, -0.05) is 40.9 Å². The van der Waals surface area contributed by atoms with Crippen LogP contribution in [0.3, 0.4) is 0 Å². The topological polar surface area (TPSA) is 55.4 Å². The van der Waals surface area contributed by atoms with Gasteiger partial charge >= 0.3 is 6.09 Å². The van der Waals surface area contributed by atoms with Gasteiger partial charge in [0.2, 0.25) is 0 Å². The van der Waals surface area contributed by atoms with Crippen LogP contribution in [0.25, 0.3) is 0 Å². The van der Waals surface area contributed by atoms with Gasteiger partial charge in [-0.25, -0.2) is 4.79 Å². The Kier molecular flexibility index (Phi) is 7.15. The Morgan fingerprint density at radius 2 is 1.59 bits per heavy atom. The number of Topliss-reactive ketones (excluding diaryl/α,β-unsaturated/α-hetero) is 1. The first kappa shape index (κ1) is 21.5. The highest BCUT2D eigenvalue weighted by Gasteiger charge is 2.24. The zero-order chi connectivity index (χ0) is 20.2. The van der Waals surface area contributed by atoms with Gasteiger partial charge in [0.05, 0.1) is 6.04 Å². The first-order valence-electron chi connectivity index (χ1n) is 8.28. The molecule has 1 N–H and O–H groups in total. The molecule has 0 aliphatic heterocycles. The lowest BCUT2D eigenvalue weighted by Crippen LogP contribution is -2.36. The maximum absolute atomic E-state index is 12.7. The summed E-state index contributed by atoms with van der Waals surface area (Å²) < 4.78 is 5.31. The molecule has 7 heteroatoms. The Morgan fingerprint density at radius 3 is 2.15 bits per heavy atom. The normalized spacial score (nSPS) is 12.4. The molecule has 0 aliphatic carbocycles. The van der Waals surface area contributed by atoms with Crippen LogP contribution in [0.1, 0.15) is 49.2 Å². The van der Waals surface area contributed by atoms with E-state index in [2.05, 4.69) is 5.32 Å².